The molecular formula is C17H27N3O. The Labute approximate surface area is 128 Å². The second-order valence-corrected chi connectivity index (χ2v) is 6.04. The van der Waals surface area contributed by atoms with Crippen molar-refractivity contribution >= 4 is 5.91 Å². The van der Waals surface area contributed by atoms with Gasteiger partial charge in [-0.15, -0.1) is 0 Å². The Morgan fingerprint density at radius 2 is 2.00 bits per heavy atom. The number of benzene rings is 1. The van der Waals surface area contributed by atoms with Crippen LogP contribution in [0.4, 0.5) is 0 Å². The van der Waals surface area contributed by atoms with Gasteiger partial charge in [0.05, 0.1) is 6.54 Å². The van der Waals surface area contributed by atoms with E-state index >= 15 is 0 Å². The van der Waals surface area contributed by atoms with Crippen LogP contribution in [0.3, 0.4) is 0 Å². The highest BCUT2D eigenvalue weighted by Gasteiger charge is 2.31. The Hall–Kier alpha value is -1.39. The van der Waals surface area contributed by atoms with E-state index in [-0.39, 0.29) is 12.1 Å². The number of rotatable bonds is 6. The quantitative estimate of drug-likeness (QED) is 0.870. The highest BCUT2D eigenvalue weighted by atomic mass is 16.2. The summed E-state index contributed by atoms with van der Waals surface area (Å²) in [6.45, 7) is 8.59. The van der Waals surface area contributed by atoms with Crippen molar-refractivity contribution in [2.24, 2.45) is 0 Å². The van der Waals surface area contributed by atoms with Gasteiger partial charge in [0.2, 0.25) is 5.91 Å². The molecule has 4 heteroatoms. The van der Waals surface area contributed by atoms with Gasteiger partial charge in [-0.25, -0.2) is 0 Å². The van der Waals surface area contributed by atoms with Crippen molar-refractivity contribution in [1.29, 1.82) is 0 Å². The number of amides is 1. The SMILES string of the molecule is CCc1ccc(C2NCC(=O)N2CCN(C)C(C)C)cc1. The summed E-state index contributed by atoms with van der Waals surface area (Å²) in [4.78, 5) is 16.3. The maximum Gasteiger partial charge on any atom is 0.238 e. The van der Waals surface area contributed by atoms with Crippen molar-refractivity contribution in [3.8, 4) is 0 Å². The Balaban J connectivity index is 2.05. The van der Waals surface area contributed by atoms with Crippen LogP contribution in [0.5, 0.6) is 0 Å². The maximum atomic E-state index is 12.1. The van der Waals surface area contributed by atoms with Crippen molar-refractivity contribution in [2.45, 2.75) is 39.4 Å². The van der Waals surface area contributed by atoms with Crippen LogP contribution in [0, 0.1) is 0 Å². The lowest BCUT2D eigenvalue weighted by atomic mass is 10.1. The molecule has 2 rings (SSSR count). The van der Waals surface area contributed by atoms with Crippen LogP contribution in [0.15, 0.2) is 24.3 Å². The fourth-order valence-corrected chi connectivity index (χ4v) is 2.55. The van der Waals surface area contributed by atoms with Crippen molar-refractivity contribution < 1.29 is 4.79 Å². The minimum Gasteiger partial charge on any atom is -0.321 e. The number of hydrogen-bond donors (Lipinski definition) is 1. The van der Waals surface area contributed by atoms with E-state index in [1.54, 1.807) is 0 Å². The van der Waals surface area contributed by atoms with Crippen molar-refractivity contribution in [3.63, 3.8) is 0 Å². The maximum absolute atomic E-state index is 12.1. The third-order valence-electron chi connectivity index (χ3n) is 4.36. The van der Waals surface area contributed by atoms with Crippen LogP contribution in [0.2, 0.25) is 0 Å². The Bertz CT molecular complexity index is 469. The molecule has 1 N–H and O–H groups in total. The second-order valence-electron chi connectivity index (χ2n) is 6.04. The van der Waals surface area contributed by atoms with Gasteiger partial charge in [0, 0.05) is 19.1 Å². The number of aryl methyl sites for hydroxylation is 1. The zero-order valence-electron chi connectivity index (χ0n) is 13.6. The Morgan fingerprint density at radius 3 is 2.57 bits per heavy atom. The Morgan fingerprint density at radius 1 is 1.33 bits per heavy atom. The van der Waals surface area contributed by atoms with Crippen molar-refractivity contribution in [1.82, 2.24) is 15.1 Å². The van der Waals surface area contributed by atoms with Crippen LogP contribution >= 0.6 is 0 Å². The van der Waals surface area contributed by atoms with Gasteiger partial charge in [-0.3, -0.25) is 10.1 Å². The molecule has 1 atom stereocenters. The van der Waals surface area contributed by atoms with E-state index in [1.807, 2.05) is 4.90 Å². The van der Waals surface area contributed by atoms with Crippen LogP contribution in [-0.4, -0.2) is 48.4 Å². The average Bonchev–Trinajstić information content (AvgIpc) is 2.85. The first-order valence-electron chi connectivity index (χ1n) is 7.84. The molecule has 0 bridgehead atoms. The summed E-state index contributed by atoms with van der Waals surface area (Å²) < 4.78 is 0. The summed E-state index contributed by atoms with van der Waals surface area (Å²) in [6.07, 6.45) is 1.06. The van der Waals surface area contributed by atoms with Gasteiger partial charge in [0.15, 0.2) is 0 Å². The predicted octanol–water partition coefficient (Wildman–Crippen LogP) is 2.02. The predicted molar refractivity (Wildman–Crippen MR) is 86.0 cm³/mol. The molecule has 0 spiro atoms. The monoisotopic (exact) mass is 289 g/mol. The summed E-state index contributed by atoms with van der Waals surface area (Å²) in [5, 5.41) is 3.32. The molecule has 0 saturated carbocycles. The van der Waals surface area contributed by atoms with Gasteiger partial charge in [0.1, 0.15) is 6.17 Å². The number of nitrogens with one attached hydrogen (secondary N) is 1. The highest BCUT2D eigenvalue weighted by molar-refractivity contribution is 5.80. The number of hydrogen-bond acceptors (Lipinski definition) is 3. The van der Waals surface area contributed by atoms with E-state index in [9.17, 15) is 4.79 Å². The molecule has 4 nitrogen and oxygen atoms in total. The van der Waals surface area contributed by atoms with Gasteiger partial charge >= 0.3 is 0 Å². The molecule has 1 aliphatic rings. The van der Waals surface area contributed by atoms with E-state index in [0.717, 1.165) is 19.5 Å². The largest absolute Gasteiger partial charge is 0.321 e. The highest BCUT2D eigenvalue weighted by Crippen LogP contribution is 2.22. The fraction of sp³-hybridized carbons (Fsp3) is 0.588. The van der Waals surface area contributed by atoms with E-state index in [4.69, 9.17) is 0 Å². The van der Waals surface area contributed by atoms with E-state index < -0.39 is 0 Å². The molecule has 1 unspecified atom stereocenters. The molecule has 1 aliphatic heterocycles. The molecule has 1 heterocycles. The standard InChI is InChI=1S/C17H27N3O/c1-5-14-6-8-15(9-7-14)17-18-12-16(21)20(17)11-10-19(4)13(2)3/h6-9,13,17-18H,5,10-12H2,1-4H3. The lowest BCUT2D eigenvalue weighted by Crippen LogP contribution is -2.39. The number of likely N-dealkylation sites (N-methyl/N-ethyl adjacent to an activating group) is 1. The summed E-state index contributed by atoms with van der Waals surface area (Å²) in [5.74, 6) is 0.191. The third kappa shape index (κ3) is 3.83. The summed E-state index contributed by atoms with van der Waals surface area (Å²) in [5.41, 5.74) is 2.50. The van der Waals surface area contributed by atoms with Crippen LogP contribution in [-0.2, 0) is 11.2 Å². The minimum absolute atomic E-state index is 0.0176. The molecular weight excluding hydrogens is 262 g/mol. The molecule has 1 aromatic rings. The van der Waals surface area contributed by atoms with Gasteiger partial charge in [-0.2, -0.15) is 0 Å². The molecule has 116 valence electrons. The molecule has 0 radical (unpaired) electrons. The first kappa shape index (κ1) is 16.0. The normalized spacial score (nSPS) is 19.0. The minimum atomic E-state index is 0.0176. The van der Waals surface area contributed by atoms with Gasteiger partial charge in [-0.1, -0.05) is 31.2 Å². The lowest BCUT2D eigenvalue weighted by molar-refractivity contribution is -0.128. The van der Waals surface area contributed by atoms with Crippen LogP contribution in [0.1, 0.15) is 38.1 Å². The molecule has 0 aromatic heterocycles. The molecule has 1 aromatic carbocycles. The van der Waals surface area contributed by atoms with Gasteiger partial charge in [0.25, 0.3) is 0 Å². The lowest BCUT2D eigenvalue weighted by Gasteiger charge is -2.28. The Kier molecular flexibility index (Phi) is 5.37. The fourth-order valence-electron chi connectivity index (χ4n) is 2.55. The number of carbonyl (C=O) groups excluding carboxylic acids is 1. The van der Waals surface area contributed by atoms with Crippen LogP contribution < -0.4 is 5.32 Å². The number of carbonyl (C=O) groups is 1. The van der Waals surface area contributed by atoms with Crippen molar-refractivity contribution in [3.05, 3.63) is 35.4 Å². The molecule has 0 aliphatic carbocycles. The summed E-state index contributed by atoms with van der Waals surface area (Å²) in [7, 11) is 2.10. The average molecular weight is 289 g/mol. The molecule has 1 amide bonds. The third-order valence-corrected chi connectivity index (χ3v) is 4.36. The first-order chi connectivity index (χ1) is 10.0. The van der Waals surface area contributed by atoms with Gasteiger partial charge in [-0.05, 0) is 38.4 Å². The molecule has 1 fully saturated rings. The first-order valence-corrected chi connectivity index (χ1v) is 7.84. The smallest absolute Gasteiger partial charge is 0.238 e. The van der Waals surface area contributed by atoms with E-state index in [1.165, 1.54) is 11.1 Å². The van der Waals surface area contributed by atoms with Gasteiger partial charge < -0.3 is 9.80 Å². The van der Waals surface area contributed by atoms with E-state index in [0.29, 0.717) is 12.6 Å². The zero-order chi connectivity index (χ0) is 15.4. The molecule has 1 saturated heterocycles. The van der Waals surface area contributed by atoms with E-state index in [2.05, 4.69) is 62.3 Å². The summed E-state index contributed by atoms with van der Waals surface area (Å²) >= 11 is 0. The zero-order valence-corrected chi connectivity index (χ0v) is 13.6. The molecule has 21 heavy (non-hydrogen) atoms. The summed E-state index contributed by atoms with van der Waals surface area (Å²) in [6, 6.07) is 9.07. The second kappa shape index (κ2) is 7.05. The van der Waals surface area contributed by atoms with Crippen molar-refractivity contribution in [2.75, 3.05) is 26.7 Å². The topological polar surface area (TPSA) is 35.6 Å². The number of nitrogens with zero attached hydrogens (tertiary/aromatic N) is 2. The van der Waals surface area contributed by atoms with Crippen LogP contribution in [0.25, 0.3) is 0 Å².